The summed E-state index contributed by atoms with van der Waals surface area (Å²) < 4.78 is 0. The molecule has 0 aliphatic heterocycles. The van der Waals surface area contributed by atoms with Gasteiger partial charge in [-0.05, 0) is 465 Å². The number of hydrogen-bond donors (Lipinski definition) is 0. The molecule has 110 heavy (non-hydrogen) atoms. The summed E-state index contributed by atoms with van der Waals surface area (Å²) in [5.74, 6) is 0. The van der Waals surface area contributed by atoms with Crippen molar-refractivity contribution in [3.05, 3.63) is 384 Å². The molecule has 0 bridgehead atoms. The molecule has 0 spiro atoms. The number of hydrogen-bond acceptors (Lipinski definition) is 0. The fourth-order valence-corrected chi connectivity index (χ4v) is 14.1. The van der Waals surface area contributed by atoms with Crippen LogP contribution in [-0.4, -0.2) is 0 Å². The second-order valence-corrected chi connectivity index (χ2v) is 32.1. The Hall–Kier alpha value is -10.1. The second-order valence-electron chi connectivity index (χ2n) is 32.1. The molecule has 14 aromatic carbocycles. The van der Waals surface area contributed by atoms with Crippen molar-refractivity contribution in [1.82, 2.24) is 0 Å². The SMILES string of the molecule is Cc1cc(C)c(C)cc1C.Cc1cc2cc(C)c(C)cc2cc1C.Cc1ccc(-c2ccc(C)c(C)c2)cc1C.Cc1ccc(-c2cccc(C)c2C)cc1C.Cc1ccc(C)c(C)c1C.Cc1ccc(C)c2c(C)ccc(C)c12.Cc1ccc2c(C)c(C)ccc2c1C.Cc1cccc(-c2cccc(C)c2C)c1C. The highest BCUT2D eigenvalue weighted by atomic mass is 14.2. The monoisotopic (exact) mass is 1450 g/mol. The summed E-state index contributed by atoms with van der Waals surface area (Å²) in [6.07, 6.45) is 0. The molecule has 0 unspecified atom stereocenters. The van der Waals surface area contributed by atoms with Gasteiger partial charge in [-0.25, -0.2) is 0 Å². The third kappa shape index (κ3) is 22.1. The third-order valence-corrected chi connectivity index (χ3v) is 24.0. The van der Waals surface area contributed by atoms with Gasteiger partial charge in [0.05, 0.1) is 0 Å². The predicted molar refractivity (Wildman–Crippen MR) is 492 cm³/mol. The molecule has 0 heteroatoms. The van der Waals surface area contributed by atoms with E-state index in [-0.39, 0.29) is 0 Å². The molecule has 0 saturated heterocycles. The normalized spacial score (nSPS) is 10.5. The first-order valence-electron chi connectivity index (χ1n) is 39.7. The molecule has 14 aromatic rings. The maximum atomic E-state index is 2.27. The topological polar surface area (TPSA) is 0 Å². The van der Waals surface area contributed by atoms with E-state index in [9.17, 15) is 0 Å². The standard InChI is InChI=1S/3C16H18.3C14H16.2C10H14/c1-11-5-7-15(9-13(11)3)16-8-6-12(2)14(4)10-16;1-11-7-5-9-15(13(11)3)16-10-6-8-12(2)14(16)4;1-11-8-9-15(10-13(11)3)16-7-5-6-12(2)14(16)4;1-9-5-13-7-11(3)12(4)8-14(13)6-10(9)2;1-9-5-7-14-12(4)10(2)6-8-13(14)11(9)3;1-9-5-6-11(3)14-12(4)8-7-10(2)13(9)14;1-7-5-9(3)10(4)6-8(7)2;1-7-5-6-8(2)10(4)9(7)3/h3*5-10H,1-4H3;3*5-8H,1-4H3;2*5-6H,1-4H3. The lowest BCUT2D eigenvalue weighted by atomic mass is 9.92. The first-order chi connectivity index (χ1) is 51.8. The van der Waals surface area contributed by atoms with Crippen molar-refractivity contribution in [2.75, 3.05) is 0 Å². The molecule has 0 heterocycles. The van der Waals surface area contributed by atoms with Gasteiger partial charge in [0.2, 0.25) is 0 Å². The minimum atomic E-state index is 1.31. The number of fused-ring (bicyclic) bond motifs is 3. The minimum absolute atomic E-state index is 1.31. The van der Waals surface area contributed by atoms with Crippen LogP contribution in [0.5, 0.6) is 0 Å². The zero-order chi connectivity index (χ0) is 81.4. The Labute approximate surface area is 667 Å². The quantitative estimate of drug-likeness (QED) is 0.165. The van der Waals surface area contributed by atoms with Gasteiger partial charge in [0.15, 0.2) is 0 Å². The van der Waals surface area contributed by atoms with E-state index in [1.165, 1.54) is 244 Å². The molecule has 0 saturated carbocycles. The lowest BCUT2D eigenvalue weighted by molar-refractivity contribution is 1.22. The van der Waals surface area contributed by atoms with Gasteiger partial charge in [-0.15, -0.1) is 0 Å². The Morgan fingerprint density at radius 2 is 0.336 bits per heavy atom. The summed E-state index contributed by atoms with van der Waals surface area (Å²) >= 11 is 0. The maximum absolute atomic E-state index is 2.27. The van der Waals surface area contributed by atoms with Crippen LogP contribution in [0.25, 0.3) is 65.7 Å². The van der Waals surface area contributed by atoms with Crippen molar-refractivity contribution in [2.45, 2.75) is 222 Å². The van der Waals surface area contributed by atoms with Crippen LogP contribution in [-0.2, 0) is 0 Å². The summed E-state index contributed by atoms with van der Waals surface area (Å²) in [7, 11) is 0. The lowest BCUT2D eigenvalue weighted by Crippen LogP contribution is -1.91. The van der Waals surface area contributed by atoms with Crippen LogP contribution < -0.4 is 0 Å². The van der Waals surface area contributed by atoms with E-state index < -0.39 is 0 Å². The summed E-state index contributed by atoms with van der Waals surface area (Å²) in [5, 5.41) is 8.38. The fraction of sp³-hybridized carbons (Fsp3) is 0.291. The van der Waals surface area contributed by atoms with Gasteiger partial charge in [-0.1, -0.05) is 206 Å². The maximum Gasteiger partial charge on any atom is -0.0120 e. The molecule has 0 aliphatic carbocycles. The Morgan fingerprint density at radius 3 is 0.636 bits per heavy atom. The fourth-order valence-electron chi connectivity index (χ4n) is 14.1. The van der Waals surface area contributed by atoms with E-state index in [1.807, 2.05) is 0 Å². The van der Waals surface area contributed by atoms with Crippen LogP contribution in [0.1, 0.15) is 178 Å². The highest BCUT2D eigenvalue weighted by molar-refractivity contribution is 5.94. The highest BCUT2D eigenvalue weighted by Crippen LogP contribution is 2.33. The predicted octanol–water partition coefficient (Wildman–Crippen LogP) is 31.8. The molecule has 0 radical (unpaired) electrons. The first kappa shape index (κ1) is 87.1. The van der Waals surface area contributed by atoms with Crippen molar-refractivity contribution in [2.24, 2.45) is 0 Å². The Morgan fingerprint density at radius 1 is 0.127 bits per heavy atom. The van der Waals surface area contributed by atoms with Gasteiger partial charge in [0.1, 0.15) is 0 Å². The molecule has 0 amide bonds. The Kier molecular flexibility index (Phi) is 30.9. The molecular formula is C110H130. The van der Waals surface area contributed by atoms with Crippen LogP contribution in [0, 0.1) is 222 Å². The third-order valence-electron chi connectivity index (χ3n) is 24.0. The van der Waals surface area contributed by atoms with Crippen LogP contribution >= 0.6 is 0 Å². The smallest absolute Gasteiger partial charge is 0.0120 e. The highest BCUT2D eigenvalue weighted by Gasteiger charge is 2.11. The number of benzene rings is 14. The van der Waals surface area contributed by atoms with Crippen LogP contribution in [0.3, 0.4) is 0 Å². The number of aryl methyl sites for hydroxylation is 27. The molecule has 0 aliphatic rings. The number of rotatable bonds is 3. The van der Waals surface area contributed by atoms with E-state index in [4.69, 9.17) is 0 Å². The molecule has 0 nitrogen and oxygen atoms in total. The van der Waals surface area contributed by atoms with Crippen LogP contribution in [0.4, 0.5) is 0 Å². The Bertz CT molecular complexity index is 5190. The molecular weight excluding hydrogens is 1320 g/mol. The largest absolute Gasteiger partial charge is 0.0614 e. The van der Waals surface area contributed by atoms with Gasteiger partial charge in [-0.3, -0.25) is 0 Å². The first-order valence-corrected chi connectivity index (χ1v) is 39.7. The van der Waals surface area contributed by atoms with Crippen LogP contribution in [0.2, 0.25) is 0 Å². The average Bonchev–Trinajstić information content (AvgIpc) is 0.794. The molecule has 0 fully saturated rings. The summed E-state index contributed by atoms with van der Waals surface area (Å²) in [4.78, 5) is 0. The molecule has 0 aromatic heterocycles. The van der Waals surface area contributed by atoms with Crippen molar-refractivity contribution in [1.29, 1.82) is 0 Å². The van der Waals surface area contributed by atoms with E-state index in [1.54, 1.807) is 0 Å². The van der Waals surface area contributed by atoms with Gasteiger partial charge in [0, 0.05) is 0 Å². The summed E-state index contributed by atoms with van der Waals surface area (Å²) in [6.45, 7) is 69.5. The second kappa shape index (κ2) is 39.0. The van der Waals surface area contributed by atoms with E-state index in [0.29, 0.717) is 0 Å². The molecule has 0 N–H and O–H groups in total. The van der Waals surface area contributed by atoms with Gasteiger partial charge in [0.25, 0.3) is 0 Å². The lowest BCUT2D eigenvalue weighted by Gasteiger charge is -2.12. The van der Waals surface area contributed by atoms with E-state index >= 15 is 0 Å². The Balaban J connectivity index is 0.000000176. The van der Waals surface area contributed by atoms with Gasteiger partial charge >= 0.3 is 0 Å². The molecule has 570 valence electrons. The van der Waals surface area contributed by atoms with Gasteiger partial charge in [-0.2, -0.15) is 0 Å². The van der Waals surface area contributed by atoms with Crippen molar-refractivity contribution >= 4 is 32.3 Å². The molecule has 0 atom stereocenters. The minimum Gasteiger partial charge on any atom is -0.0614 e. The van der Waals surface area contributed by atoms with E-state index in [2.05, 4.69) is 428 Å². The zero-order valence-corrected chi connectivity index (χ0v) is 73.6. The van der Waals surface area contributed by atoms with Crippen molar-refractivity contribution in [3.63, 3.8) is 0 Å². The molecule has 14 rings (SSSR count). The average molecular weight is 1450 g/mol. The van der Waals surface area contributed by atoms with Crippen LogP contribution in [0.15, 0.2) is 206 Å². The van der Waals surface area contributed by atoms with Crippen molar-refractivity contribution < 1.29 is 0 Å². The summed E-state index contributed by atoms with van der Waals surface area (Å²) in [5.41, 5.74) is 52.2. The summed E-state index contributed by atoms with van der Waals surface area (Å²) in [6, 6.07) is 75.2. The van der Waals surface area contributed by atoms with Gasteiger partial charge < -0.3 is 0 Å². The van der Waals surface area contributed by atoms with E-state index in [0.717, 1.165) is 0 Å². The zero-order valence-electron chi connectivity index (χ0n) is 73.6. The van der Waals surface area contributed by atoms with Crippen molar-refractivity contribution in [3.8, 4) is 33.4 Å².